The van der Waals surface area contributed by atoms with E-state index in [9.17, 15) is 9.18 Å². The van der Waals surface area contributed by atoms with Gasteiger partial charge in [-0.2, -0.15) is 0 Å². The lowest BCUT2D eigenvalue weighted by Gasteiger charge is -2.28. The second-order valence-corrected chi connectivity index (χ2v) is 6.14. The molecule has 2 aliphatic rings. The molecule has 8 heteroatoms. The number of nitrogens with one attached hydrogen (secondary N) is 1. The summed E-state index contributed by atoms with van der Waals surface area (Å²) in [4.78, 5) is 14.6. The smallest absolute Gasteiger partial charge is 0.244 e. The highest BCUT2D eigenvalue weighted by molar-refractivity contribution is 5.77. The Morgan fingerprint density at radius 1 is 1.39 bits per heavy atom. The van der Waals surface area contributed by atoms with Crippen LogP contribution < -0.4 is 5.32 Å². The number of nitrogens with zero attached hydrogens (tertiary/aromatic N) is 5. The van der Waals surface area contributed by atoms with E-state index < -0.39 is 0 Å². The van der Waals surface area contributed by atoms with Crippen LogP contribution in [0.4, 0.5) is 4.39 Å². The van der Waals surface area contributed by atoms with Crippen LogP contribution in [0.1, 0.15) is 11.6 Å². The number of amides is 1. The molecule has 3 atom stereocenters. The zero-order valence-corrected chi connectivity index (χ0v) is 12.5. The Kier molecular flexibility index (Phi) is 3.53. The largest absolute Gasteiger partial charge is 0.333 e. The van der Waals surface area contributed by atoms with Crippen molar-refractivity contribution in [3.05, 3.63) is 42.0 Å². The van der Waals surface area contributed by atoms with Crippen molar-refractivity contribution in [3.8, 4) is 0 Å². The molecule has 0 unspecified atom stereocenters. The predicted octanol–water partition coefficient (Wildman–Crippen LogP) is 0.231. The SMILES string of the molecule is O=C(Cn1cnnn1)N1C[C@@H]2CNC[C@@H]2[C@@H]1c1cccc(F)c1. The van der Waals surface area contributed by atoms with Gasteiger partial charge < -0.3 is 10.2 Å². The number of hydrogen-bond acceptors (Lipinski definition) is 5. The van der Waals surface area contributed by atoms with E-state index in [0.717, 1.165) is 18.7 Å². The van der Waals surface area contributed by atoms with Crippen LogP contribution >= 0.6 is 0 Å². The molecular formula is C15H17FN6O. The molecule has 1 amide bonds. The van der Waals surface area contributed by atoms with Crippen molar-refractivity contribution >= 4 is 5.91 Å². The number of carbonyl (C=O) groups is 1. The molecule has 2 aliphatic heterocycles. The molecule has 1 aromatic carbocycles. The van der Waals surface area contributed by atoms with Crippen LogP contribution in [0, 0.1) is 17.7 Å². The third-order valence-electron chi connectivity index (χ3n) is 4.76. The summed E-state index contributed by atoms with van der Waals surface area (Å²) in [6.07, 6.45) is 1.42. The summed E-state index contributed by atoms with van der Waals surface area (Å²) >= 11 is 0. The van der Waals surface area contributed by atoms with Crippen LogP contribution in [0.15, 0.2) is 30.6 Å². The molecule has 7 nitrogen and oxygen atoms in total. The predicted molar refractivity (Wildman–Crippen MR) is 78.5 cm³/mol. The minimum absolute atomic E-state index is 0.0408. The van der Waals surface area contributed by atoms with E-state index in [1.54, 1.807) is 6.07 Å². The third-order valence-corrected chi connectivity index (χ3v) is 4.76. The fraction of sp³-hybridized carbons (Fsp3) is 0.467. The second kappa shape index (κ2) is 5.69. The van der Waals surface area contributed by atoms with Crippen molar-refractivity contribution in [2.24, 2.45) is 11.8 Å². The van der Waals surface area contributed by atoms with Gasteiger partial charge in [-0.15, -0.1) is 5.10 Å². The lowest BCUT2D eigenvalue weighted by molar-refractivity contribution is -0.133. The van der Waals surface area contributed by atoms with Crippen LogP contribution in [0.5, 0.6) is 0 Å². The first-order chi connectivity index (χ1) is 11.2. The van der Waals surface area contributed by atoms with Gasteiger partial charge in [0.25, 0.3) is 0 Å². The van der Waals surface area contributed by atoms with Gasteiger partial charge in [-0.05, 0) is 34.0 Å². The molecule has 2 fully saturated rings. The molecule has 1 aromatic heterocycles. The van der Waals surface area contributed by atoms with E-state index in [-0.39, 0.29) is 24.3 Å². The topological polar surface area (TPSA) is 75.9 Å². The Morgan fingerprint density at radius 2 is 2.30 bits per heavy atom. The molecule has 120 valence electrons. The summed E-state index contributed by atoms with van der Waals surface area (Å²) in [5.41, 5.74) is 0.853. The quantitative estimate of drug-likeness (QED) is 0.877. The van der Waals surface area contributed by atoms with Gasteiger partial charge in [0.05, 0.1) is 6.04 Å². The van der Waals surface area contributed by atoms with Crippen LogP contribution in [-0.4, -0.2) is 50.6 Å². The number of halogens is 1. The zero-order valence-electron chi connectivity index (χ0n) is 12.5. The van der Waals surface area contributed by atoms with Crippen LogP contribution in [0.2, 0.25) is 0 Å². The normalized spacial score (nSPS) is 26.5. The summed E-state index contributed by atoms with van der Waals surface area (Å²) in [5.74, 6) is 0.404. The van der Waals surface area contributed by atoms with E-state index in [1.807, 2.05) is 11.0 Å². The Morgan fingerprint density at radius 3 is 3.09 bits per heavy atom. The summed E-state index contributed by atoms with van der Waals surface area (Å²) in [5, 5.41) is 14.2. The number of aromatic nitrogens is 4. The van der Waals surface area contributed by atoms with E-state index in [4.69, 9.17) is 0 Å². The fourth-order valence-electron chi connectivity index (χ4n) is 3.78. The minimum atomic E-state index is -0.273. The van der Waals surface area contributed by atoms with Crippen LogP contribution in [0.3, 0.4) is 0 Å². The van der Waals surface area contributed by atoms with Crippen LogP contribution in [-0.2, 0) is 11.3 Å². The first kappa shape index (κ1) is 14.3. The molecule has 2 aromatic rings. The van der Waals surface area contributed by atoms with Gasteiger partial charge in [0.2, 0.25) is 5.91 Å². The van der Waals surface area contributed by atoms with E-state index in [1.165, 1.54) is 23.1 Å². The number of rotatable bonds is 3. The molecule has 0 radical (unpaired) electrons. The molecule has 0 saturated carbocycles. The molecule has 2 saturated heterocycles. The second-order valence-electron chi connectivity index (χ2n) is 6.14. The van der Waals surface area contributed by atoms with Gasteiger partial charge in [0.15, 0.2) is 0 Å². The van der Waals surface area contributed by atoms with Crippen molar-refractivity contribution in [1.82, 2.24) is 30.4 Å². The number of likely N-dealkylation sites (tertiary alicyclic amines) is 1. The standard InChI is InChI=1S/C15H17FN6O/c16-12-3-1-2-10(4-12)15-13-6-17-5-11(13)7-22(15)14(23)8-21-9-18-19-20-21/h1-4,9,11,13,15,17H,5-8H2/t11-,13-,15-/m0/s1. The molecular weight excluding hydrogens is 299 g/mol. The van der Waals surface area contributed by atoms with E-state index in [2.05, 4.69) is 20.8 Å². The van der Waals surface area contributed by atoms with Gasteiger partial charge in [-0.3, -0.25) is 4.79 Å². The molecule has 0 bridgehead atoms. The lowest BCUT2D eigenvalue weighted by Crippen LogP contribution is -2.37. The molecule has 0 spiro atoms. The third kappa shape index (κ3) is 2.59. The maximum absolute atomic E-state index is 13.6. The van der Waals surface area contributed by atoms with Crippen molar-refractivity contribution in [1.29, 1.82) is 0 Å². The first-order valence-electron chi connectivity index (χ1n) is 7.69. The maximum atomic E-state index is 13.6. The monoisotopic (exact) mass is 316 g/mol. The fourth-order valence-corrected chi connectivity index (χ4v) is 3.78. The van der Waals surface area contributed by atoms with Crippen molar-refractivity contribution in [2.75, 3.05) is 19.6 Å². The molecule has 23 heavy (non-hydrogen) atoms. The highest BCUT2D eigenvalue weighted by Gasteiger charge is 2.46. The average Bonchev–Trinajstić information content (AvgIpc) is 3.23. The number of tetrazole rings is 1. The number of fused-ring (bicyclic) bond motifs is 1. The Balaban J connectivity index is 1.63. The molecule has 0 aliphatic carbocycles. The summed E-state index contributed by atoms with van der Waals surface area (Å²) in [7, 11) is 0. The van der Waals surface area contributed by atoms with E-state index in [0.29, 0.717) is 18.4 Å². The van der Waals surface area contributed by atoms with Gasteiger partial charge in [0, 0.05) is 25.6 Å². The zero-order chi connectivity index (χ0) is 15.8. The highest BCUT2D eigenvalue weighted by atomic mass is 19.1. The van der Waals surface area contributed by atoms with Crippen molar-refractivity contribution < 1.29 is 9.18 Å². The lowest BCUT2D eigenvalue weighted by atomic mass is 9.89. The molecule has 4 rings (SSSR count). The minimum Gasteiger partial charge on any atom is -0.333 e. The van der Waals surface area contributed by atoms with Crippen molar-refractivity contribution in [3.63, 3.8) is 0 Å². The van der Waals surface area contributed by atoms with Gasteiger partial charge >= 0.3 is 0 Å². The molecule has 1 N–H and O–H groups in total. The van der Waals surface area contributed by atoms with Gasteiger partial charge in [-0.1, -0.05) is 12.1 Å². The van der Waals surface area contributed by atoms with Crippen LogP contribution in [0.25, 0.3) is 0 Å². The maximum Gasteiger partial charge on any atom is 0.244 e. The molecule has 3 heterocycles. The van der Waals surface area contributed by atoms with Gasteiger partial charge in [-0.25, -0.2) is 9.07 Å². The Hall–Kier alpha value is -2.35. The average molecular weight is 316 g/mol. The number of carbonyl (C=O) groups excluding carboxylic acids is 1. The summed E-state index contributed by atoms with van der Waals surface area (Å²) in [6, 6.07) is 6.45. The first-order valence-corrected chi connectivity index (χ1v) is 7.69. The Bertz CT molecular complexity index is 706. The van der Waals surface area contributed by atoms with E-state index >= 15 is 0 Å². The summed E-state index contributed by atoms with van der Waals surface area (Å²) < 4.78 is 15.1. The summed E-state index contributed by atoms with van der Waals surface area (Å²) in [6.45, 7) is 2.52. The Labute approximate surface area is 132 Å². The van der Waals surface area contributed by atoms with Crippen molar-refractivity contribution in [2.45, 2.75) is 12.6 Å². The highest BCUT2D eigenvalue weighted by Crippen LogP contribution is 2.42. The number of benzene rings is 1. The number of hydrogen-bond donors (Lipinski definition) is 1. The van der Waals surface area contributed by atoms with Gasteiger partial charge in [0.1, 0.15) is 18.7 Å².